The van der Waals surface area contributed by atoms with Gasteiger partial charge in [-0.3, -0.25) is 9.69 Å². The molecule has 1 aliphatic heterocycles. The van der Waals surface area contributed by atoms with Crippen LogP contribution >= 0.6 is 15.9 Å². The second-order valence-corrected chi connectivity index (χ2v) is 8.57. The predicted molar refractivity (Wildman–Crippen MR) is 121 cm³/mol. The summed E-state index contributed by atoms with van der Waals surface area (Å²) in [6, 6.07) is 23.4. The average Bonchev–Trinajstić information content (AvgIpc) is 2.78. The van der Waals surface area contributed by atoms with E-state index in [1.54, 1.807) is 6.07 Å². The Morgan fingerprint density at radius 1 is 0.900 bits per heavy atom. The summed E-state index contributed by atoms with van der Waals surface area (Å²) in [6.45, 7) is 4.61. The Hall–Kier alpha value is -2.50. The first kappa shape index (κ1) is 20.8. The van der Waals surface area contributed by atoms with E-state index in [1.807, 2.05) is 17.9 Å². The van der Waals surface area contributed by atoms with Crippen LogP contribution in [0.1, 0.15) is 33.1 Å². The van der Waals surface area contributed by atoms with E-state index in [1.165, 1.54) is 23.3 Å². The van der Waals surface area contributed by atoms with Gasteiger partial charge in [0.15, 0.2) is 0 Å². The molecule has 0 unspecified atom stereocenters. The highest BCUT2D eigenvalue weighted by molar-refractivity contribution is 9.10. The zero-order valence-electron chi connectivity index (χ0n) is 16.9. The van der Waals surface area contributed by atoms with Crippen LogP contribution in [0.25, 0.3) is 0 Å². The largest absolute Gasteiger partial charge is 0.336 e. The van der Waals surface area contributed by atoms with Crippen molar-refractivity contribution in [2.45, 2.75) is 13.0 Å². The molecule has 3 aromatic carbocycles. The average molecular weight is 467 g/mol. The maximum Gasteiger partial charge on any atom is 0.254 e. The standard InChI is InChI=1S/C25H24BrFN2O/c1-18-7-12-22(27)17-23(18)25(30)29-15-13-28(14-16-29)24(19-5-3-2-4-6-19)20-8-10-21(26)11-9-20/h2-12,17,24H,13-16H2,1H3/t24-/m0/s1. The van der Waals surface area contributed by atoms with Gasteiger partial charge in [0.1, 0.15) is 5.82 Å². The lowest BCUT2D eigenvalue weighted by Crippen LogP contribution is -2.50. The molecule has 1 amide bonds. The van der Waals surface area contributed by atoms with Gasteiger partial charge in [0, 0.05) is 36.2 Å². The number of hydrogen-bond acceptors (Lipinski definition) is 2. The van der Waals surface area contributed by atoms with E-state index in [0.29, 0.717) is 18.7 Å². The number of halogens is 2. The molecule has 1 atom stereocenters. The SMILES string of the molecule is Cc1ccc(F)cc1C(=O)N1CCN([C@@H](c2ccccc2)c2ccc(Br)cc2)CC1. The van der Waals surface area contributed by atoms with Gasteiger partial charge < -0.3 is 4.90 Å². The molecule has 0 aliphatic carbocycles. The number of piperazine rings is 1. The Morgan fingerprint density at radius 2 is 1.53 bits per heavy atom. The summed E-state index contributed by atoms with van der Waals surface area (Å²) in [4.78, 5) is 17.2. The van der Waals surface area contributed by atoms with Crippen LogP contribution in [-0.2, 0) is 0 Å². The zero-order chi connectivity index (χ0) is 21.1. The molecule has 1 heterocycles. The van der Waals surface area contributed by atoms with Crippen molar-refractivity contribution >= 4 is 21.8 Å². The van der Waals surface area contributed by atoms with Gasteiger partial charge in [-0.05, 0) is 47.9 Å². The zero-order valence-corrected chi connectivity index (χ0v) is 18.5. The summed E-state index contributed by atoms with van der Waals surface area (Å²) >= 11 is 3.52. The van der Waals surface area contributed by atoms with E-state index in [0.717, 1.165) is 23.1 Å². The Morgan fingerprint density at radius 3 is 2.20 bits per heavy atom. The first-order chi connectivity index (χ1) is 14.5. The number of nitrogens with zero attached hydrogens (tertiary/aromatic N) is 2. The van der Waals surface area contributed by atoms with Crippen molar-refractivity contribution in [3.8, 4) is 0 Å². The Kier molecular flexibility index (Phi) is 6.30. The molecule has 1 fully saturated rings. The van der Waals surface area contributed by atoms with Crippen LogP contribution in [0.3, 0.4) is 0 Å². The third-order valence-electron chi connectivity index (χ3n) is 5.70. The fourth-order valence-corrected chi connectivity index (χ4v) is 4.34. The lowest BCUT2D eigenvalue weighted by atomic mass is 9.96. The van der Waals surface area contributed by atoms with Crippen LogP contribution in [-0.4, -0.2) is 41.9 Å². The van der Waals surface area contributed by atoms with Gasteiger partial charge in [0.25, 0.3) is 5.91 Å². The molecule has 0 radical (unpaired) electrons. The van der Waals surface area contributed by atoms with Gasteiger partial charge in [-0.25, -0.2) is 4.39 Å². The van der Waals surface area contributed by atoms with Gasteiger partial charge in [-0.15, -0.1) is 0 Å². The van der Waals surface area contributed by atoms with Crippen molar-refractivity contribution in [2.24, 2.45) is 0 Å². The monoisotopic (exact) mass is 466 g/mol. The molecule has 0 bridgehead atoms. The van der Waals surface area contributed by atoms with Crippen molar-refractivity contribution in [2.75, 3.05) is 26.2 Å². The Labute approximate surface area is 185 Å². The maximum atomic E-state index is 13.7. The summed E-state index contributed by atoms with van der Waals surface area (Å²) in [7, 11) is 0. The molecule has 0 saturated carbocycles. The van der Waals surface area contributed by atoms with Crippen LogP contribution < -0.4 is 0 Å². The van der Waals surface area contributed by atoms with Crippen LogP contribution in [0.15, 0.2) is 77.3 Å². The van der Waals surface area contributed by atoms with E-state index in [9.17, 15) is 9.18 Å². The summed E-state index contributed by atoms with van der Waals surface area (Å²) in [6.07, 6.45) is 0. The number of aryl methyl sites for hydroxylation is 1. The minimum Gasteiger partial charge on any atom is -0.336 e. The third kappa shape index (κ3) is 4.47. The quantitative estimate of drug-likeness (QED) is 0.510. The topological polar surface area (TPSA) is 23.6 Å². The molecule has 0 N–H and O–H groups in total. The molecule has 0 spiro atoms. The van der Waals surface area contributed by atoms with Crippen molar-refractivity contribution in [3.05, 3.63) is 105 Å². The highest BCUT2D eigenvalue weighted by atomic mass is 79.9. The third-order valence-corrected chi connectivity index (χ3v) is 6.23. The van der Waals surface area contributed by atoms with Gasteiger partial charge in [0.2, 0.25) is 0 Å². The lowest BCUT2D eigenvalue weighted by Gasteiger charge is -2.40. The van der Waals surface area contributed by atoms with E-state index in [4.69, 9.17) is 0 Å². The number of hydrogen-bond donors (Lipinski definition) is 0. The summed E-state index contributed by atoms with van der Waals surface area (Å²) in [5.74, 6) is -0.464. The smallest absolute Gasteiger partial charge is 0.254 e. The molecule has 4 rings (SSSR count). The molecule has 154 valence electrons. The summed E-state index contributed by atoms with van der Waals surface area (Å²) in [5.41, 5.74) is 3.72. The number of rotatable bonds is 4. The number of benzene rings is 3. The first-order valence-electron chi connectivity index (χ1n) is 10.1. The van der Waals surface area contributed by atoms with E-state index >= 15 is 0 Å². The van der Waals surface area contributed by atoms with Crippen LogP contribution in [0.5, 0.6) is 0 Å². The van der Waals surface area contributed by atoms with Crippen molar-refractivity contribution in [1.82, 2.24) is 9.80 Å². The lowest BCUT2D eigenvalue weighted by molar-refractivity contribution is 0.0596. The second-order valence-electron chi connectivity index (χ2n) is 7.65. The normalized spacial score (nSPS) is 15.8. The van der Waals surface area contributed by atoms with E-state index < -0.39 is 0 Å². The molecule has 30 heavy (non-hydrogen) atoms. The van der Waals surface area contributed by atoms with Gasteiger partial charge in [0.05, 0.1) is 6.04 Å². The van der Waals surface area contributed by atoms with Crippen LogP contribution in [0, 0.1) is 12.7 Å². The van der Waals surface area contributed by atoms with Crippen LogP contribution in [0.4, 0.5) is 4.39 Å². The summed E-state index contributed by atoms with van der Waals surface area (Å²) < 4.78 is 14.7. The molecule has 1 saturated heterocycles. The van der Waals surface area contributed by atoms with Crippen molar-refractivity contribution in [3.63, 3.8) is 0 Å². The highest BCUT2D eigenvalue weighted by Crippen LogP contribution is 2.30. The van der Waals surface area contributed by atoms with Gasteiger partial charge >= 0.3 is 0 Å². The van der Waals surface area contributed by atoms with Crippen LogP contribution in [0.2, 0.25) is 0 Å². The Balaban J connectivity index is 1.53. The molecular formula is C25H24BrFN2O. The molecule has 0 aromatic heterocycles. The fraction of sp³-hybridized carbons (Fsp3) is 0.240. The van der Waals surface area contributed by atoms with Gasteiger partial charge in [-0.2, -0.15) is 0 Å². The van der Waals surface area contributed by atoms with E-state index in [-0.39, 0.29) is 17.8 Å². The predicted octanol–water partition coefficient (Wildman–Crippen LogP) is 5.44. The molecule has 1 aliphatic rings. The fourth-order valence-electron chi connectivity index (χ4n) is 4.07. The maximum absolute atomic E-state index is 13.7. The second kappa shape index (κ2) is 9.11. The molecule has 3 nitrogen and oxygen atoms in total. The molecular weight excluding hydrogens is 443 g/mol. The molecule has 5 heteroatoms. The van der Waals surface area contributed by atoms with E-state index in [2.05, 4.69) is 69.4 Å². The minimum absolute atomic E-state index is 0.0912. The van der Waals surface area contributed by atoms with Crippen molar-refractivity contribution < 1.29 is 9.18 Å². The summed E-state index contributed by atoms with van der Waals surface area (Å²) in [5, 5.41) is 0. The van der Waals surface area contributed by atoms with Gasteiger partial charge in [-0.1, -0.05) is 64.5 Å². The first-order valence-corrected chi connectivity index (χ1v) is 10.9. The molecule has 3 aromatic rings. The van der Waals surface area contributed by atoms with Crippen molar-refractivity contribution in [1.29, 1.82) is 0 Å². The number of amides is 1. The minimum atomic E-state index is -0.373. The number of carbonyl (C=O) groups is 1. The number of carbonyl (C=O) groups excluding carboxylic acids is 1. The Bertz CT molecular complexity index is 1020. The highest BCUT2D eigenvalue weighted by Gasteiger charge is 2.29.